The van der Waals surface area contributed by atoms with Gasteiger partial charge in [0.05, 0.1) is 0 Å². The summed E-state index contributed by atoms with van der Waals surface area (Å²) in [6.07, 6.45) is 4.45. The molecule has 0 aromatic carbocycles. The quantitative estimate of drug-likeness (QED) is 0.653. The van der Waals surface area contributed by atoms with Gasteiger partial charge in [0.2, 0.25) is 5.91 Å². The van der Waals surface area contributed by atoms with E-state index in [9.17, 15) is 9.59 Å². The van der Waals surface area contributed by atoms with Crippen LogP contribution in [0.25, 0.3) is 0 Å². The molecule has 0 spiro atoms. The number of carboxylic acid groups (broad SMARTS) is 1. The molecule has 1 rings (SSSR count). The summed E-state index contributed by atoms with van der Waals surface area (Å²) < 4.78 is 0. The maximum Gasteiger partial charge on any atom is 0.326 e. The Bertz CT molecular complexity index is 227. The van der Waals surface area contributed by atoms with Crippen molar-refractivity contribution in [3.63, 3.8) is 0 Å². The van der Waals surface area contributed by atoms with Crippen molar-refractivity contribution in [3.8, 4) is 0 Å². The molecule has 1 fully saturated rings. The Morgan fingerprint density at radius 1 is 1.57 bits per heavy atom. The molecule has 0 aromatic heterocycles. The van der Waals surface area contributed by atoms with Crippen LogP contribution in [0.1, 0.15) is 39.0 Å². The maximum atomic E-state index is 11.0. The molecule has 0 bridgehead atoms. The van der Waals surface area contributed by atoms with Gasteiger partial charge in [-0.05, 0) is 12.3 Å². The molecule has 2 atom stereocenters. The number of amides is 1. The van der Waals surface area contributed by atoms with Crippen molar-refractivity contribution >= 4 is 11.9 Å². The highest BCUT2D eigenvalue weighted by Crippen LogP contribution is 2.23. The van der Waals surface area contributed by atoms with Gasteiger partial charge < -0.3 is 10.4 Å². The second-order valence-electron chi connectivity index (χ2n) is 3.84. The lowest BCUT2D eigenvalue weighted by atomic mass is 9.94. The van der Waals surface area contributed by atoms with Gasteiger partial charge in [0, 0.05) is 6.42 Å². The summed E-state index contributed by atoms with van der Waals surface area (Å²) in [5.74, 6) is -1.04. The van der Waals surface area contributed by atoms with Gasteiger partial charge in [-0.25, -0.2) is 4.79 Å². The molecule has 4 nitrogen and oxygen atoms in total. The van der Waals surface area contributed by atoms with Crippen LogP contribution in [-0.2, 0) is 9.59 Å². The average Bonchev–Trinajstić information content (AvgIpc) is 2.47. The number of rotatable bonds is 5. The molecular weight excluding hydrogens is 182 g/mol. The van der Waals surface area contributed by atoms with Crippen molar-refractivity contribution in [1.29, 1.82) is 0 Å². The third kappa shape index (κ3) is 2.72. The molecule has 2 N–H and O–H groups in total. The SMILES string of the molecule is CCCCC[C@H]1CC(=O)N[C@@H]1C(=O)O. The smallest absolute Gasteiger partial charge is 0.326 e. The van der Waals surface area contributed by atoms with Crippen molar-refractivity contribution < 1.29 is 14.7 Å². The molecule has 14 heavy (non-hydrogen) atoms. The second-order valence-corrected chi connectivity index (χ2v) is 3.84. The van der Waals surface area contributed by atoms with Gasteiger partial charge in [0.25, 0.3) is 0 Å². The third-order valence-electron chi connectivity index (χ3n) is 2.68. The second kappa shape index (κ2) is 4.98. The summed E-state index contributed by atoms with van der Waals surface area (Å²) in [6.45, 7) is 2.10. The van der Waals surface area contributed by atoms with Crippen LogP contribution >= 0.6 is 0 Å². The fourth-order valence-electron chi connectivity index (χ4n) is 1.89. The molecule has 0 aliphatic carbocycles. The molecule has 0 aromatic rings. The largest absolute Gasteiger partial charge is 0.480 e. The maximum absolute atomic E-state index is 11.0. The standard InChI is InChI=1S/C10H17NO3/c1-2-3-4-5-7-6-8(12)11-9(7)10(13)14/h7,9H,2-6H2,1H3,(H,11,12)(H,13,14)/t7-,9-/m0/s1. The van der Waals surface area contributed by atoms with E-state index in [0.29, 0.717) is 6.42 Å². The Labute approximate surface area is 83.7 Å². The number of unbranched alkanes of at least 4 members (excludes halogenated alkanes) is 2. The first-order valence-corrected chi connectivity index (χ1v) is 5.17. The summed E-state index contributed by atoms with van der Waals surface area (Å²) in [5, 5.41) is 11.3. The summed E-state index contributed by atoms with van der Waals surface area (Å²) in [4.78, 5) is 21.8. The first kappa shape index (κ1) is 11.0. The van der Waals surface area contributed by atoms with Crippen LogP contribution in [0.4, 0.5) is 0 Å². The molecule has 80 valence electrons. The Kier molecular flexibility index (Phi) is 3.92. The highest BCUT2D eigenvalue weighted by molar-refractivity contribution is 5.87. The van der Waals surface area contributed by atoms with E-state index in [1.54, 1.807) is 0 Å². The minimum atomic E-state index is -0.905. The van der Waals surface area contributed by atoms with E-state index in [1.807, 2.05) is 0 Å². The number of carbonyl (C=O) groups excluding carboxylic acids is 1. The molecule has 0 unspecified atom stereocenters. The lowest BCUT2D eigenvalue weighted by Gasteiger charge is -2.13. The normalized spacial score (nSPS) is 26.2. The minimum Gasteiger partial charge on any atom is -0.480 e. The van der Waals surface area contributed by atoms with Crippen molar-refractivity contribution in [1.82, 2.24) is 5.32 Å². The summed E-state index contributed by atoms with van der Waals surface area (Å²) >= 11 is 0. The van der Waals surface area contributed by atoms with E-state index in [2.05, 4.69) is 12.2 Å². The fourth-order valence-corrected chi connectivity index (χ4v) is 1.89. The van der Waals surface area contributed by atoms with Crippen LogP contribution in [0.5, 0.6) is 0 Å². The van der Waals surface area contributed by atoms with Gasteiger partial charge in [-0.1, -0.05) is 26.2 Å². The predicted molar refractivity (Wildman–Crippen MR) is 51.8 cm³/mol. The molecule has 1 heterocycles. The van der Waals surface area contributed by atoms with Crippen LogP contribution in [0.2, 0.25) is 0 Å². The van der Waals surface area contributed by atoms with Crippen molar-refractivity contribution in [3.05, 3.63) is 0 Å². The molecule has 1 aliphatic rings. The highest BCUT2D eigenvalue weighted by atomic mass is 16.4. The zero-order valence-corrected chi connectivity index (χ0v) is 8.45. The number of nitrogens with one attached hydrogen (secondary N) is 1. The highest BCUT2D eigenvalue weighted by Gasteiger charge is 2.36. The van der Waals surface area contributed by atoms with Gasteiger partial charge in [-0.2, -0.15) is 0 Å². The van der Waals surface area contributed by atoms with Gasteiger partial charge in [-0.3, -0.25) is 4.79 Å². The van der Waals surface area contributed by atoms with Crippen LogP contribution in [0, 0.1) is 5.92 Å². The summed E-state index contributed by atoms with van der Waals surface area (Å²) in [7, 11) is 0. The molecule has 0 saturated carbocycles. The zero-order valence-electron chi connectivity index (χ0n) is 8.45. The Balaban J connectivity index is 2.41. The lowest BCUT2D eigenvalue weighted by Crippen LogP contribution is -2.36. The monoisotopic (exact) mass is 199 g/mol. The van der Waals surface area contributed by atoms with E-state index in [1.165, 1.54) is 0 Å². The number of aliphatic carboxylic acids is 1. The van der Waals surface area contributed by atoms with E-state index in [-0.39, 0.29) is 11.8 Å². The van der Waals surface area contributed by atoms with Crippen molar-refractivity contribution in [2.45, 2.75) is 45.1 Å². The van der Waals surface area contributed by atoms with Crippen LogP contribution < -0.4 is 5.32 Å². The molecule has 1 saturated heterocycles. The summed E-state index contributed by atoms with van der Waals surface area (Å²) in [6, 6.07) is -0.653. The Hall–Kier alpha value is -1.06. The predicted octanol–water partition coefficient (Wildman–Crippen LogP) is 1.16. The van der Waals surface area contributed by atoms with Gasteiger partial charge in [0.15, 0.2) is 0 Å². The summed E-state index contributed by atoms with van der Waals surface area (Å²) in [5.41, 5.74) is 0. The van der Waals surface area contributed by atoms with Gasteiger partial charge >= 0.3 is 5.97 Å². The molecule has 1 amide bonds. The average molecular weight is 199 g/mol. The topological polar surface area (TPSA) is 66.4 Å². The van der Waals surface area contributed by atoms with Crippen LogP contribution in [0.3, 0.4) is 0 Å². The number of carbonyl (C=O) groups is 2. The molecule has 0 radical (unpaired) electrons. The number of hydrogen-bond donors (Lipinski definition) is 2. The van der Waals surface area contributed by atoms with Gasteiger partial charge in [-0.15, -0.1) is 0 Å². The Morgan fingerprint density at radius 2 is 2.29 bits per heavy atom. The van der Waals surface area contributed by atoms with E-state index >= 15 is 0 Å². The van der Waals surface area contributed by atoms with Crippen LogP contribution in [-0.4, -0.2) is 23.0 Å². The zero-order chi connectivity index (χ0) is 10.6. The van der Waals surface area contributed by atoms with E-state index < -0.39 is 12.0 Å². The Morgan fingerprint density at radius 3 is 2.86 bits per heavy atom. The molecule has 1 aliphatic heterocycles. The first-order valence-electron chi connectivity index (χ1n) is 5.17. The first-order chi connectivity index (χ1) is 6.65. The van der Waals surface area contributed by atoms with Crippen molar-refractivity contribution in [2.75, 3.05) is 0 Å². The van der Waals surface area contributed by atoms with Crippen LogP contribution in [0.15, 0.2) is 0 Å². The number of carboxylic acids is 1. The molecule has 4 heteroatoms. The van der Waals surface area contributed by atoms with E-state index in [0.717, 1.165) is 25.7 Å². The van der Waals surface area contributed by atoms with E-state index in [4.69, 9.17) is 5.11 Å². The third-order valence-corrected chi connectivity index (χ3v) is 2.68. The minimum absolute atomic E-state index is 0.00782. The molecular formula is C10H17NO3. The number of hydrogen-bond acceptors (Lipinski definition) is 2. The van der Waals surface area contributed by atoms with Gasteiger partial charge in [0.1, 0.15) is 6.04 Å². The fraction of sp³-hybridized carbons (Fsp3) is 0.800. The van der Waals surface area contributed by atoms with Crippen molar-refractivity contribution in [2.24, 2.45) is 5.92 Å². The lowest BCUT2D eigenvalue weighted by molar-refractivity contribution is -0.140.